The van der Waals surface area contributed by atoms with E-state index in [9.17, 15) is 4.79 Å². The second-order valence-corrected chi connectivity index (χ2v) is 5.05. The summed E-state index contributed by atoms with van der Waals surface area (Å²) in [5, 5.41) is 8.91. The summed E-state index contributed by atoms with van der Waals surface area (Å²) in [6.45, 7) is 10.4. The van der Waals surface area contributed by atoms with Crippen LogP contribution in [0, 0.1) is 23.7 Å². The Balaban J connectivity index is 0.00000106. The Hall–Kier alpha value is -0.530. The van der Waals surface area contributed by atoms with Gasteiger partial charge in [-0.25, -0.2) is 0 Å². The molecule has 2 heteroatoms. The quantitative estimate of drug-likeness (QED) is 0.786. The minimum atomic E-state index is -0.627. The fourth-order valence-electron chi connectivity index (χ4n) is 2.51. The molecule has 1 saturated carbocycles. The Labute approximate surface area is 100 Å². The third kappa shape index (κ3) is 4.54. The van der Waals surface area contributed by atoms with Crippen molar-refractivity contribution in [2.45, 2.75) is 60.3 Å². The molecule has 0 aliphatic heterocycles. The molecule has 0 radical (unpaired) electrons. The number of carbonyl (C=O) groups is 1. The lowest BCUT2D eigenvalue weighted by Crippen LogP contribution is -2.26. The molecule has 0 bridgehead atoms. The third-order valence-corrected chi connectivity index (χ3v) is 3.86. The highest BCUT2D eigenvalue weighted by molar-refractivity contribution is 5.69. The number of hydrogen-bond acceptors (Lipinski definition) is 1. The monoisotopic (exact) mass is 228 g/mol. The van der Waals surface area contributed by atoms with Gasteiger partial charge in [0.1, 0.15) is 0 Å². The first kappa shape index (κ1) is 15.5. The lowest BCUT2D eigenvalue weighted by atomic mass is 9.73. The number of carboxylic acids is 1. The molecule has 0 aromatic heterocycles. The molecule has 0 aromatic carbocycles. The van der Waals surface area contributed by atoms with E-state index in [0.717, 1.165) is 24.7 Å². The van der Waals surface area contributed by atoms with E-state index in [1.165, 1.54) is 12.8 Å². The van der Waals surface area contributed by atoms with Crippen LogP contribution in [-0.2, 0) is 4.79 Å². The van der Waals surface area contributed by atoms with Crippen molar-refractivity contribution in [3.05, 3.63) is 0 Å². The molecule has 96 valence electrons. The van der Waals surface area contributed by atoms with Gasteiger partial charge in [-0.3, -0.25) is 4.79 Å². The molecule has 1 fully saturated rings. The summed E-state index contributed by atoms with van der Waals surface area (Å²) in [5.74, 6) is 1.23. The van der Waals surface area contributed by atoms with Crippen molar-refractivity contribution in [2.24, 2.45) is 23.7 Å². The topological polar surface area (TPSA) is 37.3 Å². The molecular weight excluding hydrogens is 200 g/mol. The van der Waals surface area contributed by atoms with E-state index < -0.39 is 5.97 Å². The number of carboxylic acid groups (broad SMARTS) is 1. The molecule has 0 aromatic rings. The van der Waals surface area contributed by atoms with Gasteiger partial charge in [-0.15, -0.1) is 0 Å². The molecule has 2 nitrogen and oxygen atoms in total. The van der Waals surface area contributed by atoms with Gasteiger partial charge in [0.05, 0.1) is 5.92 Å². The van der Waals surface area contributed by atoms with Crippen molar-refractivity contribution in [1.82, 2.24) is 0 Å². The highest BCUT2D eigenvalue weighted by Gasteiger charge is 2.29. The van der Waals surface area contributed by atoms with Crippen molar-refractivity contribution in [2.75, 3.05) is 0 Å². The number of rotatable bonds is 3. The van der Waals surface area contributed by atoms with Gasteiger partial charge in [0.25, 0.3) is 0 Å². The summed E-state index contributed by atoms with van der Waals surface area (Å²) in [7, 11) is 0. The van der Waals surface area contributed by atoms with Crippen molar-refractivity contribution in [3.63, 3.8) is 0 Å². The van der Waals surface area contributed by atoms with E-state index in [0.29, 0.717) is 5.92 Å². The van der Waals surface area contributed by atoms with Gasteiger partial charge >= 0.3 is 5.97 Å². The maximum atomic E-state index is 10.8. The molecule has 1 rings (SSSR count). The Morgan fingerprint density at radius 2 is 1.38 bits per heavy atom. The van der Waals surface area contributed by atoms with Gasteiger partial charge < -0.3 is 5.11 Å². The van der Waals surface area contributed by atoms with Crippen molar-refractivity contribution in [3.8, 4) is 0 Å². The first-order valence-corrected chi connectivity index (χ1v) is 6.75. The molecule has 1 aliphatic rings. The van der Waals surface area contributed by atoms with E-state index in [-0.39, 0.29) is 5.92 Å². The van der Waals surface area contributed by atoms with Crippen molar-refractivity contribution >= 4 is 5.97 Å². The minimum Gasteiger partial charge on any atom is -0.481 e. The molecular formula is C14H28O2. The average molecular weight is 228 g/mol. The molecule has 0 heterocycles. The Kier molecular flexibility index (Phi) is 7.44. The summed E-state index contributed by atoms with van der Waals surface area (Å²) in [4.78, 5) is 10.8. The molecule has 1 unspecified atom stereocenters. The largest absolute Gasteiger partial charge is 0.481 e. The minimum absolute atomic E-state index is 0.150. The van der Waals surface area contributed by atoms with Crippen LogP contribution in [0.3, 0.4) is 0 Å². The van der Waals surface area contributed by atoms with Crippen LogP contribution in [0.25, 0.3) is 0 Å². The van der Waals surface area contributed by atoms with Gasteiger partial charge in [0.2, 0.25) is 0 Å². The van der Waals surface area contributed by atoms with Gasteiger partial charge in [-0.1, -0.05) is 34.6 Å². The first-order valence-electron chi connectivity index (χ1n) is 6.75. The standard InChI is InChI=1S/C12H22O2.C2H6/c1-8(2)10-4-6-11(7-5-10)9(3)12(13)14;1-2/h8-11H,4-7H2,1-3H3,(H,13,14);1-2H3. The fourth-order valence-corrected chi connectivity index (χ4v) is 2.51. The molecule has 1 aliphatic carbocycles. The van der Waals surface area contributed by atoms with Gasteiger partial charge in [0.15, 0.2) is 0 Å². The Morgan fingerprint density at radius 3 is 1.69 bits per heavy atom. The number of aliphatic carboxylic acids is 1. The molecule has 16 heavy (non-hydrogen) atoms. The SMILES string of the molecule is CC.CC(C)C1CCC(C(C)C(=O)O)CC1. The molecule has 0 spiro atoms. The Bertz CT molecular complexity index is 191. The predicted octanol–water partition coefficient (Wildman–Crippen LogP) is 4.20. The highest BCUT2D eigenvalue weighted by atomic mass is 16.4. The second kappa shape index (κ2) is 7.70. The summed E-state index contributed by atoms with van der Waals surface area (Å²) < 4.78 is 0. The van der Waals surface area contributed by atoms with Crippen LogP contribution in [0.4, 0.5) is 0 Å². The predicted molar refractivity (Wildman–Crippen MR) is 68.4 cm³/mol. The average Bonchev–Trinajstić information content (AvgIpc) is 2.30. The molecule has 0 saturated heterocycles. The van der Waals surface area contributed by atoms with E-state index in [4.69, 9.17) is 5.11 Å². The lowest BCUT2D eigenvalue weighted by Gasteiger charge is -2.32. The molecule has 0 amide bonds. The van der Waals surface area contributed by atoms with Gasteiger partial charge in [-0.2, -0.15) is 0 Å². The lowest BCUT2D eigenvalue weighted by molar-refractivity contribution is -0.143. The second-order valence-electron chi connectivity index (χ2n) is 5.05. The summed E-state index contributed by atoms with van der Waals surface area (Å²) >= 11 is 0. The van der Waals surface area contributed by atoms with E-state index >= 15 is 0 Å². The van der Waals surface area contributed by atoms with Crippen LogP contribution in [0.5, 0.6) is 0 Å². The van der Waals surface area contributed by atoms with Gasteiger partial charge in [0, 0.05) is 0 Å². The summed E-state index contributed by atoms with van der Waals surface area (Å²) in [5.41, 5.74) is 0. The van der Waals surface area contributed by atoms with Crippen LogP contribution in [0.2, 0.25) is 0 Å². The third-order valence-electron chi connectivity index (χ3n) is 3.86. The summed E-state index contributed by atoms with van der Waals surface area (Å²) in [6, 6.07) is 0. The van der Waals surface area contributed by atoms with Crippen LogP contribution in [-0.4, -0.2) is 11.1 Å². The van der Waals surface area contributed by atoms with Crippen LogP contribution in [0.1, 0.15) is 60.3 Å². The molecule has 1 atom stereocenters. The van der Waals surface area contributed by atoms with Crippen molar-refractivity contribution in [1.29, 1.82) is 0 Å². The molecule has 1 N–H and O–H groups in total. The fraction of sp³-hybridized carbons (Fsp3) is 0.929. The highest BCUT2D eigenvalue weighted by Crippen LogP contribution is 2.36. The van der Waals surface area contributed by atoms with E-state index in [1.54, 1.807) is 0 Å². The zero-order valence-electron chi connectivity index (χ0n) is 11.5. The smallest absolute Gasteiger partial charge is 0.306 e. The first-order chi connectivity index (χ1) is 7.52. The number of hydrogen-bond donors (Lipinski definition) is 1. The van der Waals surface area contributed by atoms with Gasteiger partial charge in [-0.05, 0) is 43.4 Å². The zero-order chi connectivity index (χ0) is 12.7. The van der Waals surface area contributed by atoms with Crippen molar-refractivity contribution < 1.29 is 9.90 Å². The maximum absolute atomic E-state index is 10.8. The maximum Gasteiger partial charge on any atom is 0.306 e. The summed E-state index contributed by atoms with van der Waals surface area (Å²) in [6.07, 6.45) is 4.66. The van der Waals surface area contributed by atoms with Crippen LogP contribution < -0.4 is 0 Å². The van der Waals surface area contributed by atoms with E-state index in [1.807, 2.05) is 20.8 Å². The van der Waals surface area contributed by atoms with Crippen LogP contribution >= 0.6 is 0 Å². The Morgan fingerprint density at radius 1 is 1.00 bits per heavy atom. The normalized spacial score (nSPS) is 26.9. The zero-order valence-corrected chi connectivity index (χ0v) is 11.5. The van der Waals surface area contributed by atoms with E-state index in [2.05, 4.69) is 13.8 Å². The van der Waals surface area contributed by atoms with Crippen LogP contribution in [0.15, 0.2) is 0 Å².